The van der Waals surface area contributed by atoms with E-state index in [0.717, 1.165) is 25.0 Å². The first-order valence-electron chi connectivity index (χ1n) is 9.86. The average Bonchev–Trinajstić information content (AvgIpc) is 3.41. The summed E-state index contributed by atoms with van der Waals surface area (Å²) in [6, 6.07) is 13.9. The van der Waals surface area contributed by atoms with Crippen molar-refractivity contribution in [1.82, 2.24) is 9.97 Å². The van der Waals surface area contributed by atoms with Crippen molar-refractivity contribution in [3.05, 3.63) is 48.5 Å². The van der Waals surface area contributed by atoms with Gasteiger partial charge in [-0.05, 0) is 49.2 Å². The van der Waals surface area contributed by atoms with Gasteiger partial charge in [-0.15, -0.1) is 0 Å². The summed E-state index contributed by atoms with van der Waals surface area (Å²) in [5, 5.41) is 0. The van der Waals surface area contributed by atoms with Crippen molar-refractivity contribution in [3.8, 4) is 5.75 Å². The summed E-state index contributed by atoms with van der Waals surface area (Å²) in [7, 11) is -2.27. The van der Waals surface area contributed by atoms with Crippen LogP contribution in [0.15, 0.2) is 53.4 Å². The van der Waals surface area contributed by atoms with Crippen molar-refractivity contribution < 1.29 is 17.9 Å². The van der Waals surface area contributed by atoms with Gasteiger partial charge in [-0.1, -0.05) is 12.1 Å². The van der Waals surface area contributed by atoms with Gasteiger partial charge in [-0.2, -0.15) is 0 Å². The van der Waals surface area contributed by atoms with Gasteiger partial charge in [0.2, 0.25) is 0 Å². The maximum Gasteiger partial charge on any atom is 0.267 e. The summed E-state index contributed by atoms with van der Waals surface area (Å²) in [4.78, 5) is 11.5. The van der Waals surface area contributed by atoms with E-state index in [1.54, 1.807) is 31.4 Å². The molecule has 0 spiro atoms. The number of nitrogens with zero attached hydrogens (tertiary/aromatic N) is 4. The third-order valence-corrected chi connectivity index (χ3v) is 7.20. The van der Waals surface area contributed by atoms with Gasteiger partial charge < -0.3 is 14.4 Å². The first kappa shape index (κ1) is 19.1. The van der Waals surface area contributed by atoms with E-state index in [9.17, 15) is 8.42 Å². The van der Waals surface area contributed by atoms with Crippen LogP contribution < -0.4 is 13.9 Å². The highest BCUT2D eigenvalue weighted by atomic mass is 32.2. The van der Waals surface area contributed by atoms with Crippen molar-refractivity contribution >= 4 is 32.7 Å². The molecule has 2 aliphatic rings. The Morgan fingerprint density at radius 1 is 1.07 bits per heavy atom. The zero-order valence-corrected chi connectivity index (χ0v) is 17.4. The van der Waals surface area contributed by atoms with Gasteiger partial charge in [-0.25, -0.2) is 22.7 Å². The van der Waals surface area contributed by atoms with E-state index < -0.39 is 10.0 Å². The molecule has 1 saturated heterocycles. The molecule has 9 heteroatoms. The van der Waals surface area contributed by atoms with Gasteiger partial charge in [0.25, 0.3) is 10.0 Å². The normalized spacial score (nSPS) is 18.8. The molecule has 1 fully saturated rings. The SMILES string of the molecule is COc1ccc(S(=O)(=O)N2CN(C[C@H]3CCCO3)c3nc4ccccc4nc32)cc1. The first-order chi connectivity index (χ1) is 14.6. The van der Waals surface area contributed by atoms with E-state index in [1.165, 1.54) is 4.31 Å². The van der Waals surface area contributed by atoms with Gasteiger partial charge in [0.1, 0.15) is 12.4 Å². The number of para-hydroxylation sites is 2. The molecule has 156 valence electrons. The Balaban J connectivity index is 1.57. The molecule has 1 atom stereocenters. The van der Waals surface area contributed by atoms with E-state index >= 15 is 0 Å². The molecule has 2 aromatic carbocycles. The summed E-state index contributed by atoms with van der Waals surface area (Å²) in [6.07, 6.45) is 2.04. The predicted octanol–water partition coefficient (Wildman–Crippen LogP) is 2.79. The molecule has 0 radical (unpaired) electrons. The van der Waals surface area contributed by atoms with Gasteiger partial charge in [-0.3, -0.25) is 0 Å². The van der Waals surface area contributed by atoms with Crippen LogP contribution in [0.2, 0.25) is 0 Å². The molecule has 0 saturated carbocycles. The van der Waals surface area contributed by atoms with Crippen LogP contribution in [-0.4, -0.2) is 51.4 Å². The van der Waals surface area contributed by atoms with Gasteiger partial charge >= 0.3 is 0 Å². The third-order valence-electron chi connectivity index (χ3n) is 5.46. The van der Waals surface area contributed by atoms with Gasteiger partial charge in [0.15, 0.2) is 11.6 Å². The van der Waals surface area contributed by atoms with E-state index in [-0.39, 0.29) is 17.7 Å². The van der Waals surface area contributed by atoms with E-state index in [1.807, 2.05) is 29.2 Å². The molecule has 0 unspecified atom stereocenters. The molecule has 2 aliphatic heterocycles. The maximum atomic E-state index is 13.5. The fourth-order valence-corrected chi connectivity index (χ4v) is 5.27. The minimum atomic E-state index is -3.82. The van der Waals surface area contributed by atoms with Crippen molar-refractivity contribution in [3.63, 3.8) is 0 Å². The standard InChI is InChI=1S/C21H22N4O4S/c1-28-15-8-10-17(11-9-15)30(26,27)25-14-24(13-16-5-4-12-29-16)20-21(25)23-19-7-3-2-6-18(19)22-20/h2-3,6-11,16H,4-5,12-14H2,1H3/t16-/m1/s1. The molecule has 0 N–H and O–H groups in total. The summed E-state index contributed by atoms with van der Waals surface area (Å²) in [6.45, 7) is 1.47. The maximum absolute atomic E-state index is 13.5. The number of rotatable bonds is 5. The lowest BCUT2D eigenvalue weighted by Crippen LogP contribution is -2.39. The molecule has 1 aromatic heterocycles. The fourth-order valence-electron chi connectivity index (χ4n) is 3.89. The fraction of sp³-hybridized carbons (Fsp3) is 0.333. The average molecular weight is 426 g/mol. The first-order valence-corrected chi connectivity index (χ1v) is 11.3. The molecule has 8 nitrogen and oxygen atoms in total. The minimum absolute atomic E-state index is 0.0646. The predicted molar refractivity (Wildman–Crippen MR) is 113 cm³/mol. The molecule has 0 bridgehead atoms. The van der Waals surface area contributed by atoms with Crippen molar-refractivity contribution in [2.45, 2.75) is 23.8 Å². The van der Waals surface area contributed by atoms with Crippen molar-refractivity contribution in [1.29, 1.82) is 0 Å². The largest absolute Gasteiger partial charge is 0.497 e. The highest BCUT2D eigenvalue weighted by Crippen LogP contribution is 2.38. The summed E-state index contributed by atoms with van der Waals surface area (Å²) < 4.78 is 39.2. The number of fused-ring (bicyclic) bond motifs is 2. The van der Waals surface area contributed by atoms with Gasteiger partial charge in [0, 0.05) is 13.2 Å². The Bertz CT molecular complexity index is 1180. The number of methoxy groups -OCH3 is 1. The van der Waals surface area contributed by atoms with Crippen LogP contribution in [-0.2, 0) is 14.8 Å². The minimum Gasteiger partial charge on any atom is -0.497 e. The van der Waals surface area contributed by atoms with Crippen LogP contribution in [0.5, 0.6) is 5.75 Å². The second-order valence-electron chi connectivity index (χ2n) is 7.39. The number of benzene rings is 2. The Labute approximate surface area is 175 Å². The summed E-state index contributed by atoms with van der Waals surface area (Å²) >= 11 is 0. The van der Waals surface area contributed by atoms with Crippen LogP contribution >= 0.6 is 0 Å². The second-order valence-corrected chi connectivity index (χ2v) is 9.25. The quantitative estimate of drug-likeness (QED) is 0.620. The van der Waals surface area contributed by atoms with Crippen molar-refractivity contribution in [2.75, 3.05) is 36.1 Å². The molecule has 30 heavy (non-hydrogen) atoms. The number of ether oxygens (including phenoxy) is 2. The van der Waals surface area contributed by atoms with E-state index in [4.69, 9.17) is 14.5 Å². The number of anilines is 2. The molecule has 5 rings (SSSR count). The molecule has 0 aliphatic carbocycles. The van der Waals surface area contributed by atoms with E-state index in [2.05, 4.69) is 4.98 Å². The topological polar surface area (TPSA) is 84.9 Å². The third kappa shape index (κ3) is 3.23. The number of hydrogen-bond donors (Lipinski definition) is 0. The second kappa shape index (κ2) is 7.41. The number of sulfonamides is 1. The Morgan fingerprint density at radius 3 is 2.40 bits per heavy atom. The number of hydrogen-bond acceptors (Lipinski definition) is 7. The van der Waals surface area contributed by atoms with Crippen LogP contribution in [0, 0.1) is 0 Å². The Hall–Kier alpha value is -2.91. The lowest BCUT2D eigenvalue weighted by atomic mass is 10.2. The number of aromatic nitrogens is 2. The van der Waals surface area contributed by atoms with Crippen LogP contribution in [0.4, 0.5) is 11.6 Å². The highest BCUT2D eigenvalue weighted by molar-refractivity contribution is 7.92. The van der Waals surface area contributed by atoms with Gasteiger partial charge in [0.05, 0.1) is 29.1 Å². The van der Waals surface area contributed by atoms with E-state index in [0.29, 0.717) is 29.4 Å². The molecule has 3 heterocycles. The zero-order valence-electron chi connectivity index (χ0n) is 16.6. The molecular formula is C21H22N4O4S. The smallest absolute Gasteiger partial charge is 0.267 e. The lowest BCUT2D eigenvalue weighted by Gasteiger charge is -2.23. The Morgan fingerprint density at radius 2 is 1.77 bits per heavy atom. The lowest BCUT2D eigenvalue weighted by molar-refractivity contribution is 0.116. The molecule has 0 amide bonds. The van der Waals surface area contributed by atoms with Crippen LogP contribution in [0.3, 0.4) is 0 Å². The molecule has 3 aromatic rings. The van der Waals surface area contributed by atoms with Crippen molar-refractivity contribution in [2.24, 2.45) is 0 Å². The highest BCUT2D eigenvalue weighted by Gasteiger charge is 2.39. The van der Waals surface area contributed by atoms with Crippen LogP contribution in [0.25, 0.3) is 11.0 Å². The zero-order chi connectivity index (χ0) is 20.7. The Kier molecular flexibility index (Phi) is 4.71. The molecular weight excluding hydrogens is 404 g/mol. The summed E-state index contributed by atoms with van der Waals surface area (Å²) in [5.41, 5.74) is 1.39. The van der Waals surface area contributed by atoms with Crippen LogP contribution in [0.1, 0.15) is 12.8 Å². The monoisotopic (exact) mass is 426 g/mol. The summed E-state index contributed by atoms with van der Waals surface area (Å²) in [5.74, 6) is 1.52.